The Labute approximate surface area is 134 Å². The smallest absolute Gasteiger partial charge is 0.0196 e. The maximum atomic E-state index is 3.94. The van der Waals surface area contributed by atoms with Gasteiger partial charge in [0.05, 0.1) is 0 Å². The van der Waals surface area contributed by atoms with Gasteiger partial charge in [0.1, 0.15) is 0 Å². The van der Waals surface area contributed by atoms with Crippen LogP contribution in [0.2, 0.25) is 0 Å². The Kier molecular flexibility index (Phi) is 7.19. The molecule has 2 atom stereocenters. The van der Waals surface area contributed by atoms with E-state index >= 15 is 0 Å². The van der Waals surface area contributed by atoms with Crippen molar-refractivity contribution in [1.29, 1.82) is 0 Å². The summed E-state index contributed by atoms with van der Waals surface area (Å²) >= 11 is 0. The van der Waals surface area contributed by atoms with Gasteiger partial charge in [0.25, 0.3) is 0 Å². The van der Waals surface area contributed by atoms with Gasteiger partial charge in [0, 0.05) is 17.1 Å². The SMILES string of the molecule is CCCCCN(CCC)C1CC(C)(C)NC(C)(C(C)C)C1. The summed E-state index contributed by atoms with van der Waals surface area (Å²) in [4.78, 5) is 2.79. The van der Waals surface area contributed by atoms with Gasteiger partial charge in [-0.15, -0.1) is 0 Å². The van der Waals surface area contributed by atoms with Gasteiger partial charge in [-0.05, 0) is 65.5 Å². The van der Waals surface area contributed by atoms with Gasteiger partial charge in [0.2, 0.25) is 0 Å². The van der Waals surface area contributed by atoms with Crippen LogP contribution in [0.25, 0.3) is 0 Å². The molecule has 1 fully saturated rings. The van der Waals surface area contributed by atoms with Crippen LogP contribution >= 0.6 is 0 Å². The minimum absolute atomic E-state index is 0.249. The van der Waals surface area contributed by atoms with Crippen molar-refractivity contribution in [2.75, 3.05) is 13.1 Å². The van der Waals surface area contributed by atoms with Crippen LogP contribution in [0.5, 0.6) is 0 Å². The first kappa shape index (κ1) is 19.0. The second-order valence-corrected chi connectivity index (χ2v) is 8.39. The number of hydrogen-bond donors (Lipinski definition) is 1. The van der Waals surface area contributed by atoms with Crippen molar-refractivity contribution in [3.63, 3.8) is 0 Å². The van der Waals surface area contributed by atoms with Crippen LogP contribution in [0.15, 0.2) is 0 Å². The molecule has 1 N–H and O–H groups in total. The van der Waals surface area contributed by atoms with Crippen LogP contribution in [0.4, 0.5) is 0 Å². The van der Waals surface area contributed by atoms with Crippen molar-refractivity contribution >= 4 is 0 Å². The molecular weight excluding hydrogens is 256 g/mol. The van der Waals surface area contributed by atoms with Crippen molar-refractivity contribution in [2.24, 2.45) is 5.92 Å². The summed E-state index contributed by atoms with van der Waals surface area (Å²) in [7, 11) is 0. The lowest BCUT2D eigenvalue weighted by atomic mass is 9.73. The molecule has 0 aromatic heterocycles. The fraction of sp³-hybridized carbons (Fsp3) is 1.00. The van der Waals surface area contributed by atoms with Crippen molar-refractivity contribution in [3.8, 4) is 0 Å². The maximum Gasteiger partial charge on any atom is 0.0196 e. The first-order valence-corrected chi connectivity index (χ1v) is 9.27. The molecule has 0 bridgehead atoms. The molecule has 1 saturated heterocycles. The Morgan fingerprint density at radius 1 is 1.00 bits per heavy atom. The lowest BCUT2D eigenvalue weighted by molar-refractivity contribution is 0.0370. The third-order valence-corrected chi connectivity index (χ3v) is 5.38. The Morgan fingerprint density at radius 2 is 1.67 bits per heavy atom. The van der Waals surface area contributed by atoms with Gasteiger partial charge in [0.15, 0.2) is 0 Å². The zero-order chi connectivity index (χ0) is 16.1. The third kappa shape index (κ3) is 5.56. The van der Waals surface area contributed by atoms with E-state index in [1.165, 1.54) is 51.6 Å². The molecule has 2 unspecified atom stereocenters. The monoisotopic (exact) mass is 296 g/mol. The highest BCUT2D eigenvalue weighted by atomic mass is 15.2. The van der Waals surface area contributed by atoms with Gasteiger partial charge in [-0.1, -0.05) is 40.5 Å². The van der Waals surface area contributed by atoms with E-state index in [-0.39, 0.29) is 11.1 Å². The van der Waals surface area contributed by atoms with E-state index in [1.54, 1.807) is 0 Å². The average molecular weight is 297 g/mol. The summed E-state index contributed by atoms with van der Waals surface area (Å²) in [5.74, 6) is 0.679. The average Bonchev–Trinajstić information content (AvgIpc) is 2.35. The highest BCUT2D eigenvalue weighted by Crippen LogP contribution is 2.36. The van der Waals surface area contributed by atoms with Gasteiger partial charge < -0.3 is 10.2 Å². The third-order valence-electron chi connectivity index (χ3n) is 5.38. The molecule has 0 aromatic rings. The van der Waals surface area contributed by atoms with Gasteiger partial charge >= 0.3 is 0 Å². The molecule has 126 valence electrons. The molecule has 1 aliphatic rings. The first-order chi connectivity index (χ1) is 9.74. The van der Waals surface area contributed by atoms with E-state index in [4.69, 9.17) is 0 Å². The highest BCUT2D eigenvalue weighted by Gasteiger charge is 2.43. The first-order valence-electron chi connectivity index (χ1n) is 9.27. The Bertz CT molecular complexity index is 298. The largest absolute Gasteiger partial charge is 0.306 e. The number of unbranched alkanes of at least 4 members (excludes halogenated alkanes) is 2. The maximum absolute atomic E-state index is 3.94. The lowest BCUT2D eigenvalue weighted by Crippen LogP contribution is -2.65. The molecule has 0 spiro atoms. The number of nitrogens with one attached hydrogen (secondary N) is 1. The summed E-state index contributed by atoms with van der Waals surface area (Å²) in [6.07, 6.45) is 7.90. The minimum Gasteiger partial charge on any atom is -0.306 e. The van der Waals surface area contributed by atoms with Crippen LogP contribution in [0.3, 0.4) is 0 Å². The summed E-state index contributed by atoms with van der Waals surface area (Å²) in [5.41, 5.74) is 0.516. The van der Waals surface area contributed by atoms with Crippen molar-refractivity contribution in [3.05, 3.63) is 0 Å². The van der Waals surface area contributed by atoms with Crippen LogP contribution in [0, 0.1) is 5.92 Å². The molecule has 0 amide bonds. The predicted molar refractivity (Wildman–Crippen MR) is 94.9 cm³/mol. The second kappa shape index (κ2) is 7.97. The van der Waals surface area contributed by atoms with E-state index in [9.17, 15) is 0 Å². The normalized spacial score (nSPS) is 29.3. The minimum atomic E-state index is 0.249. The molecule has 2 nitrogen and oxygen atoms in total. The molecule has 0 aliphatic carbocycles. The van der Waals surface area contributed by atoms with Gasteiger partial charge in [-0.25, -0.2) is 0 Å². The van der Waals surface area contributed by atoms with Crippen LogP contribution in [-0.4, -0.2) is 35.1 Å². The van der Waals surface area contributed by atoms with Gasteiger partial charge in [-0.3, -0.25) is 0 Å². The molecule has 2 heteroatoms. The number of hydrogen-bond acceptors (Lipinski definition) is 2. The molecule has 1 rings (SSSR count). The predicted octanol–water partition coefficient (Wildman–Crippen LogP) is 4.83. The zero-order valence-corrected chi connectivity index (χ0v) is 15.8. The second-order valence-electron chi connectivity index (χ2n) is 8.39. The Morgan fingerprint density at radius 3 is 2.19 bits per heavy atom. The summed E-state index contributed by atoms with van der Waals surface area (Å²) in [6.45, 7) is 19.1. The van der Waals surface area contributed by atoms with E-state index in [0.29, 0.717) is 5.92 Å². The van der Waals surface area contributed by atoms with E-state index in [2.05, 4.69) is 58.7 Å². The number of piperidine rings is 1. The van der Waals surface area contributed by atoms with Crippen LogP contribution < -0.4 is 5.32 Å². The van der Waals surface area contributed by atoms with Crippen molar-refractivity contribution < 1.29 is 0 Å². The molecule has 0 aromatic carbocycles. The molecular formula is C19H40N2. The molecule has 1 heterocycles. The summed E-state index contributed by atoms with van der Waals surface area (Å²) in [6, 6.07) is 0.741. The summed E-state index contributed by atoms with van der Waals surface area (Å²) in [5, 5.41) is 3.94. The molecule has 0 radical (unpaired) electrons. The topological polar surface area (TPSA) is 15.3 Å². The number of nitrogens with zero attached hydrogens (tertiary/aromatic N) is 1. The molecule has 0 saturated carbocycles. The number of rotatable bonds is 8. The zero-order valence-electron chi connectivity index (χ0n) is 15.8. The van der Waals surface area contributed by atoms with Crippen molar-refractivity contribution in [1.82, 2.24) is 10.2 Å². The van der Waals surface area contributed by atoms with Crippen LogP contribution in [-0.2, 0) is 0 Å². The van der Waals surface area contributed by atoms with Gasteiger partial charge in [-0.2, -0.15) is 0 Å². The van der Waals surface area contributed by atoms with E-state index < -0.39 is 0 Å². The fourth-order valence-electron chi connectivity index (χ4n) is 3.99. The van der Waals surface area contributed by atoms with Crippen LogP contribution in [0.1, 0.15) is 87.0 Å². The quantitative estimate of drug-likeness (QED) is 0.645. The highest BCUT2D eigenvalue weighted by molar-refractivity contribution is 5.03. The standard InChI is InChI=1S/C19H40N2/c1-8-10-11-13-21(12-9-2)17-14-18(5,6)20-19(7,15-17)16(3)4/h16-17,20H,8-15H2,1-7H3. The van der Waals surface area contributed by atoms with Crippen molar-refractivity contribution in [2.45, 2.75) is 104 Å². The van der Waals surface area contributed by atoms with E-state index in [1.807, 2.05) is 0 Å². The Hall–Kier alpha value is -0.0800. The fourth-order valence-corrected chi connectivity index (χ4v) is 3.99. The summed E-state index contributed by atoms with van der Waals surface area (Å²) < 4.78 is 0. The molecule has 1 aliphatic heterocycles. The lowest BCUT2D eigenvalue weighted by Gasteiger charge is -2.53. The van der Waals surface area contributed by atoms with E-state index in [0.717, 1.165) is 6.04 Å². The Balaban J connectivity index is 2.80. The molecule has 21 heavy (non-hydrogen) atoms.